The zero-order valence-corrected chi connectivity index (χ0v) is 12.3. The van der Waals surface area contributed by atoms with Crippen molar-refractivity contribution in [2.75, 3.05) is 59.1 Å². The van der Waals surface area contributed by atoms with Gasteiger partial charge in [0.1, 0.15) is 0 Å². The molecular weight excluding hydrogens is 258 g/mol. The number of carbonyl (C=O) groups excluding carboxylic acids is 1. The fraction of sp³-hybridized carbons (Fsp3) is 0.929. The number of rotatable bonds is 6. The maximum atomic E-state index is 12.2. The lowest BCUT2D eigenvalue weighted by Crippen LogP contribution is -2.53. The van der Waals surface area contributed by atoms with Gasteiger partial charge in [-0.05, 0) is 25.9 Å². The number of nitrogens with two attached hydrogens (primary N) is 1. The second-order valence-electron chi connectivity index (χ2n) is 5.45. The molecule has 2 N–H and O–H groups in total. The molecule has 2 aliphatic heterocycles. The Hall–Kier alpha value is -0.690. The van der Waals surface area contributed by atoms with Crippen molar-refractivity contribution in [3.05, 3.63) is 0 Å². The van der Waals surface area contributed by atoms with Gasteiger partial charge in [0.15, 0.2) is 6.10 Å². The van der Waals surface area contributed by atoms with Crippen LogP contribution < -0.4 is 5.73 Å². The normalized spacial score (nSPS) is 24.9. The summed E-state index contributed by atoms with van der Waals surface area (Å²) >= 11 is 0. The summed E-state index contributed by atoms with van der Waals surface area (Å²) in [6.07, 6.45) is 3.12. The Labute approximate surface area is 121 Å². The molecule has 6 nitrogen and oxygen atoms in total. The van der Waals surface area contributed by atoms with Crippen molar-refractivity contribution in [3.8, 4) is 0 Å². The van der Waals surface area contributed by atoms with Gasteiger partial charge in [0, 0.05) is 26.2 Å². The topological polar surface area (TPSA) is 68.0 Å². The van der Waals surface area contributed by atoms with E-state index in [1.807, 2.05) is 4.90 Å². The number of amides is 1. The predicted molar refractivity (Wildman–Crippen MR) is 76.5 cm³/mol. The highest BCUT2D eigenvalue weighted by Gasteiger charge is 2.29. The number of ether oxygens (including phenoxy) is 2. The van der Waals surface area contributed by atoms with Gasteiger partial charge in [0.25, 0.3) is 5.91 Å². The summed E-state index contributed by atoms with van der Waals surface area (Å²) in [7, 11) is 0. The van der Waals surface area contributed by atoms with E-state index < -0.39 is 0 Å². The first-order valence-corrected chi connectivity index (χ1v) is 7.72. The fourth-order valence-electron chi connectivity index (χ4n) is 2.68. The Kier molecular flexibility index (Phi) is 6.72. The predicted octanol–water partition coefficient (Wildman–Crippen LogP) is -0.325. The molecule has 0 saturated carbocycles. The lowest BCUT2D eigenvalue weighted by atomic mass is 10.2. The molecule has 2 rings (SSSR count). The van der Waals surface area contributed by atoms with E-state index in [9.17, 15) is 4.79 Å². The molecule has 2 saturated heterocycles. The molecule has 2 fully saturated rings. The van der Waals surface area contributed by atoms with Crippen LogP contribution in [0.2, 0.25) is 0 Å². The van der Waals surface area contributed by atoms with E-state index in [0.717, 1.165) is 45.7 Å². The second-order valence-corrected chi connectivity index (χ2v) is 5.45. The molecule has 1 atom stereocenters. The van der Waals surface area contributed by atoms with Crippen molar-refractivity contribution in [2.45, 2.75) is 25.4 Å². The molecule has 0 aromatic heterocycles. The minimum atomic E-state index is -0.389. The van der Waals surface area contributed by atoms with Crippen LogP contribution in [0.15, 0.2) is 0 Å². The van der Waals surface area contributed by atoms with Crippen LogP contribution in [0.25, 0.3) is 0 Å². The minimum absolute atomic E-state index is 0.0903. The number of carbonyl (C=O) groups is 1. The van der Waals surface area contributed by atoms with Gasteiger partial charge in [-0.15, -0.1) is 0 Å². The van der Waals surface area contributed by atoms with E-state index in [-0.39, 0.29) is 12.0 Å². The lowest BCUT2D eigenvalue weighted by Gasteiger charge is -2.36. The molecule has 6 heteroatoms. The van der Waals surface area contributed by atoms with E-state index in [4.69, 9.17) is 15.2 Å². The number of hydrogen-bond donors (Lipinski definition) is 1. The van der Waals surface area contributed by atoms with Gasteiger partial charge >= 0.3 is 0 Å². The van der Waals surface area contributed by atoms with E-state index in [2.05, 4.69) is 4.90 Å². The second kappa shape index (κ2) is 8.56. The first kappa shape index (κ1) is 15.7. The highest BCUT2D eigenvalue weighted by atomic mass is 16.6. The summed E-state index contributed by atoms with van der Waals surface area (Å²) in [4.78, 5) is 16.6. The summed E-state index contributed by atoms with van der Waals surface area (Å²) in [5.74, 6) is 0.0903. The number of piperazine rings is 1. The number of unbranched alkanes of at least 4 members (excludes halogenated alkanes) is 2. The van der Waals surface area contributed by atoms with Crippen LogP contribution in [0.5, 0.6) is 0 Å². The van der Waals surface area contributed by atoms with Crippen LogP contribution >= 0.6 is 0 Å². The van der Waals surface area contributed by atoms with Crippen molar-refractivity contribution < 1.29 is 14.3 Å². The molecule has 2 heterocycles. The van der Waals surface area contributed by atoms with E-state index in [1.165, 1.54) is 12.8 Å². The summed E-state index contributed by atoms with van der Waals surface area (Å²) in [5.41, 5.74) is 5.49. The molecule has 1 unspecified atom stereocenters. The molecule has 0 spiro atoms. The van der Waals surface area contributed by atoms with Crippen LogP contribution in [0.3, 0.4) is 0 Å². The highest BCUT2D eigenvalue weighted by molar-refractivity contribution is 5.81. The van der Waals surface area contributed by atoms with Gasteiger partial charge in [0.05, 0.1) is 19.8 Å². The van der Waals surface area contributed by atoms with E-state index in [1.54, 1.807) is 0 Å². The molecule has 20 heavy (non-hydrogen) atoms. The summed E-state index contributed by atoms with van der Waals surface area (Å²) in [5, 5.41) is 0. The maximum absolute atomic E-state index is 12.2. The third-order valence-electron chi connectivity index (χ3n) is 3.95. The molecule has 116 valence electrons. The van der Waals surface area contributed by atoms with Gasteiger partial charge in [-0.2, -0.15) is 0 Å². The zero-order chi connectivity index (χ0) is 14.2. The smallest absolute Gasteiger partial charge is 0.254 e. The third kappa shape index (κ3) is 4.70. The molecule has 0 aromatic rings. The van der Waals surface area contributed by atoms with Gasteiger partial charge in [-0.1, -0.05) is 6.42 Å². The first-order valence-electron chi connectivity index (χ1n) is 7.72. The average Bonchev–Trinajstić information content (AvgIpc) is 2.52. The van der Waals surface area contributed by atoms with Gasteiger partial charge in [-0.25, -0.2) is 0 Å². The quantitative estimate of drug-likeness (QED) is 0.677. The number of nitrogens with zero attached hydrogens (tertiary/aromatic N) is 2. The molecule has 0 aromatic carbocycles. The zero-order valence-electron chi connectivity index (χ0n) is 12.3. The van der Waals surface area contributed by atoms with Crippen molar-refractivity contribution in [2.24, 2.45) is 5.73 Å². The Morgan fingerprint density at radius 1 is 1.10 bits per heavy atom. The Bertz CT molecular complexity index is 287. The van der Waals surface area contributed by atoms with E-state index >= 15 is 0 Å². The van der Waals surface area contributed by atoms with Crippen LogP contribution in [0.4, 0.5) is 0 Å². The Balaban J connectivity index is 1.64. The molecule has 0 radical (unpaired) electrons. The van der Waals surface area contributed by atoms with Crippen molar-refractivity contribution in [1.82, 2.24) is 9.80 Å². The standard InChI is InChI=1S/C14H27N3O3/c15-4-2-1-3-5-16-6-8-17(9-7-16)14(18)13-12-19-10-11-20-13/h13H,1-12,15H2. The van der Waals surface area contributed by atoms with Crippen molar-refractivity contribution >= 4 is 5.91 Å². The van der Waals surface area contributed by atoms with Crippen molar-refractivity contribution in [1.29, 1.82) is 0 Å². The summed E-state index contributed by atoms with van der Waals surface area (Å²) in [6, 6.07) is 0. The third-order valence-corrected chi connectivity index (χ3v) is 3.95. The summed E-state index contributed by atoms with van der Waals surface area (Å²) < 4.78 is 10.8. The average molecular weight is 285 g/mol. The van der Waals surface area contributed by atoms with Crippen LogP contribution in [-0.2, 0) is 14.3 Å². The Morgan fingerprint density at radius 3 is 2.55 bits per heavy atom. The molecule has 0 aliphatic carbocycles. The monoisotopic (exact) mass is 285 g/mol. The SMILES string of the molecule is NCCCCCN1CCN(C(=O)C2COCCO2)CC1. The molecule has 0 bridgehead atoms. The van der Waals surface area contributed by atoms with Crippen LogP contribution in [-0.4, -0.2) is 80.9 Å². The highest BCUT2D eigenvalue weighted by Crippen LogP contribution is 2.10. The van der Waals surface area contributed by atoms with Crippen LogP contribution in [0.1, 0.15) is 19.3 Å². The minimum Gasteiger partial charge on any atom is -0.376 e. The first-order chi connectivity index (χ1) is 9.81. The van der Waals surface area contributed by atoms with Crippen molar-refractivity contribution in [3.63, 3.8) is 0 Å². The number of hydrogen-bond acceptors (Lipinski definition) is 5. The van der Waals surface area contributed by atoms with Gasteiger partial charge < -0.3 is 20.1 Å². The largest absolute Gasteiger partial charge is 0.376 e. The Morgan fingerprint density at radius 2 is 1.90 bits per heavy atom. The molecular formula is C14H27N3O3. The lowest BCUT2D eigenvalue weighted by molar-refractivity contribution is -0.159. The molecule has 2 aliphatic rings. The maximum Gasteiger partial charge on any atom is 0.254 e. The van der Waals surface area contributed by atoms with Gasteiger partial charge in [-0.3, -0.25) is 9.69 Å². The van der Waals surface area contributed by atoms with E-state index in [0.29, 0.717) is 19.8 Å². The van der Waals surface area contributed by atoms with Gasteiger partial charge in [0.2, 0.25) is 0 Å². The fourth-order valence-corrected chi connectivity index (χ4v) is 2.68. The summed E-state index contributed by atoms with van der Waals surface area (Å²) in [6.45, 7) is 6.95. The molecule has 1 amide bonds. The van der Waals surface area contributed by atoms with Crippen LogP contribution in [0, 0.1) is 0 Å².